The predicted molar refractivity (Wildman–Crippen MR) is 132 cm³/mol. The molecule has 6 fully saturated rings. The van der Waals surface area contributed by atoms with Crippen LogP contribution in [0.25, 0.3) is 0 Å². The third-order valence-electron chi connectivity index (χ3n) is 8.66. The molecule has 222 valence electrons. The summed E-state index contributed by atoms with van der Waals surface area (Å²) < 4.78 is 42.9. The monoisotopic (exact) mass is 566 g/mol. The highest BCUT2D eigenvalue weighted by Crippen LogP contribution is 2.45. The zero-order valence-corrected chi connectivity index (χ0v) is 22.6. The van der Waals surface area contributed by atoms with Gasteiger partial charge in [-0.25, -0.2) is 0 Å². The van der Waals surface area contributed by atoms with E-state index in [2.05, 4.69) is 0 Å². The van der Waals surface area contributed by atoms with E-state index in [1.54, 1.807) is 0 Å². The topological polar surface area (TPSA) is 155 Å². The van der Waals surface area contributed by atoms with Crippen molar-refractivity contribution in [2.75, 3.05) is 39.6 Å². The molecule has 2 saturated carbocycles. The summed E-state index contributed by atoms with van der Waals surface area (Å²) in [4.78, 5) is 50.6. The Morgan fingerprint density at radius 2 is 0.825 bits per heavy atom. The summed E-state index contributed by atoms with van der Waals surface area (Å²) in [6.07, 6.45) is 4.97. The first-order valence-electron chi connectivity index (χ1n) is 14.7. The van der Waals surface area contributed by atoms with E-state index in [0.29, 0.717) is 51.7 Å². The van der Waals surface area contributed by atoms with Gasteiger partial charge in [0.15, 0.2) is 0 Å². The Bertz CT molecular complexity index is 885. The van der Waals surface area contributed by atoms with Crippen molar-refractivity contribution in [2.24, 2.45) is 23.7 Å². The molecule has 12 nitrogen and oxygen atoms in total. The van der Waals surface area contributed by atoms with Crippen molar-refractivity contribution in [3.63, 3.8) is 0 Å². The Labute approximate surface area is 232 Å². The van der Waals surface area contributed by atoms with Gasteiger partial charge in [0, 0.05) is 0 Å². The molecule has 6 rings (SSSR count). The second kappa shape index (κ2) is 12.3. The highest BCUT2D eigenvalue weighted by molar-refractivity contribution is 5.83. The number of fused-ring (bicyclic) bond motifs is 2. The van der Waals surface area contributed by atoms with Crippen molar-refractivity contribution in [1.29, 1.82) is 0 Å². The summed E-state index contributed by atoms with van der Waals surface area (Å²) in [5.41, 5.74) is 0. The van der Waals surface area contributed by atoms with E-state index >= 15 is 0 Å². The lowest BCUT2D eigenvalue weighted by molar-refractivity contribution is -0.162. The van der Waals surface area contributed by atoms with E-state index in [1.807, 2.05) is 0 Å². The number of carbonyl (C=O) groups is 4. The standard InChI is InChI=1S/C28H38O12/c29-25(17-7-21-23(39-21)9-19(17)27(31)37-13-15-11-35-15)33-5-3-1-2-4-6-34-26(30)18-8-22-24(40-22)10-20(18)28(32)38-14-16-12-36-16/h15-24H,1-14H2. The Morgan fingerprint density at radius 1 is 0.500 bits per heavy atom. The van der Waals surface area contributed by atoms with Gasteiger partial charge in [-0.15, -0.1) is 0 Å². The van der Waals surface area contributed by atoms with Crippen LogP contribution in [0.2, 0.25) is 0 Å². The fourth-order valence-electron chi connectivity index (χ4n) is 5.90. The summed E-state index contributed by atoms with van der Waals surface area (Å²) in [7, 11) is 0. The molecule has 40 heavy (non-hydrogen) atoms. The molecule has 0 N–H and O–H groups in total. The van der Waals surface area contributed by atoms with Crippen molar-refractivity contribution in [1.82, 2.24) is 0 Å². The molecule has 0 bridgehead atoms. The fraction of sp³-hybridized carbons (Fsp3) is 0.857. The molecule has 0 amide bonds. The van der Waals surface area contributed by atoms with Crippen molar-refractivity contribution in [2.45, 2.75) is 88.0 Å². The first-order valence-corrected chi connectivity index (χ1v) is 14.7. The van der Waals surface area contributed by atoms with Gasteiger partial charge in [0.25, 0.3) is 0 Å². The molecule has 10 atom stereocenters. The Hall–Kier alpha value is -2.28. The van der Waals surface area contributed by atoms with Crippen LogP contribution in [0.5, 0.6) is 0 Å². The number of ether oxygens (including phenoxy) is 8. The summed E-state index contributed by atoms with van der Waals surface area (Å²) in [6, 6.07) is 0. The average molecular weight is 567 g/mol. The highest BCUT2D eigenvalue weighted by Gasteiger charge is 2.55. The second-order valence-corrected chi connectivity index (χ2v) is 11.7. The first-order chi connectivity index (χ1) is 19.5. The maximum atomic E-state index is 12.7. The minimum atomic E-state index is -0.546. The lowest BCUT2D eigenvalue weighted by Gasteiger charge is -2.26. The largest absolute Gasteiger partial charge is 0.465 e. The van der Waals surface area contributed by atoms with E-state index in [1.165, 1.54) is 0 Å². The molecule has 0 aromatic heterocycles. The molecule has 4 aliphatic heterocycles. The molecule has 0 aromatic rings. The zero-order chi connectivity index (χ0) is 27.6. The van der Waals surface area contributed by atoms with Gasteiger partial charge in [0.2, 0.25) is 0 Å². The molecule has 10 unspecified atom stereocenters. The normalized spacial score (nSPS) is 38.2. The average Bonchev–Trinajstić information content (AvgIpc) is 3.79. The molecule has 0 spiro atoms. The number of rotatable bonds is 15. The van der Waals surface area contributed by atoms with Crippen molar-refractivity contribution >= 4 is 23.9 Å². The van der Waals surface area contributed by atoms with Crippen LogP contribution in [-0.4, -0.2) is 100 Å². The summed E-state index contributed by atoms with van der Waals surface area (Å²) in [5, 5.41) is 0. The van der Waals surface area contributed by atoms with Gasteiger partial charge in [0.05, 0.1) is 74.5 Å². The van der Waals surface area contributed by atoms with Gasteiger partial charge in [-0.3, -0.25) is 19.2 Å². The molecule has 4 heterocycles. The van der Waals surface area contributed by atoms with E-state index in [-0.39, 0.29) is 86.9 Å². The summed E-state index contributed by atoms with van der Waals surface area (Å²) in [6.45, 7) is 2.18. The smallest absolute Gasteiger partial charge is 0.310 e. The number of unbranched alkanes of at least 4 members (excludes halogenated alkanes) is 3. The van der Waals surface area contributed by atoms with Crippen LogP contribution < -0.4 is 0 Å². The third kappa shape index (κ3) is 7.32. The van der Waals surface area contributed by atoms with Crippen LogP contribution in [0.1, 0.15) is 51.4 Å². The van der Waals surface area contributed by atoms with Crippen LogP contribution in [0, 0.1) is 23.7 Å². The number of hydrogen-bond acceptors (Lipinski definition) is 12. The maximum absolute atomic E-state index is 12.7. The van der Waals surface area contributed by atoms with Crippen LogP contribution in [0.15, 0.2) is 0 Å². The number of hydrogen-bond donors (Lipinski definition) is 0. The van der Waals surface area contributed by atoms with Gasteiger partial charge < -0.3 is 37.9 Å². The van der Waals surface area contributed by atoms with Crippen molar-refractivity contribution in [3.05, 3.63) is 0 Å². The zero-order valence-electron chi connectivity index (χ0n) is 22.6. The number of carbonyl (C=O) groups excluding carboxylic acids is 4. The van der Waals surface area contributed by atoms with Crippen LogP contribution in [0.3, 0.4) is 0 Å². The van der Waals surface area contributed by atoms with E-state index in [4.69, 9.17) is 37.9 Å². The minimum Gasteiger partial charge on any atom is -0.465 e. The highest BCUT2D eigenvalue weighted by atomic mass is 16.6. The van der Waals surface area contributed by atoms with Crippen LogP contribution in [-0.2, 0) is 57.1 Å². The quantitative estimate of drug-likeness (QED) is 0.121. The Balaban J connectivity index is 0.844. The van der Waals surface area contributed by atoms with Crippen LogP contribution in [0.4, 0.5) is 0 Å². The maximum Gasteiger partial charge on any atom is 0.310 e. The number of esters is 4. The molecular weight excluding hydrogens is 528 g/mol. The molecule has 0 radical (unpaired) electrons. The second-order valence-electron chi connectivity index (χ2n) is 11.7. The molecule has 4 saturated heterocycles. The van der Waals surface area contributed by atoms with Crippen molar-refractivity contribution in [3.8, 4) is 0 Å². The van der Waals surface area contributed by atoms with E-state index < -0.39 is 23.7 Å². The minimum absolute atomic E-state index is 0.0213. The SMILES string of the molecule is O=C(OCCCCCCOC(=O)C1CC2OC2CC1C(=O)OCC1CO1)C1CC2OC2CC1C(=O)OCC1CO1. The first kappa shape index (κ1) is 27.9. The third-order valence-corrected chi connectivity index (χ3v) is 8.66. The van der Waals surface area contributed by atoms with Crippen molar-refractivity contribution < 1.29 is 57.1 Å². The molecular formula is C28H38O12. The van der Waals surface area contributed by atoms with E-state index in [9.17, 15) is 19.2 Å². The van der Waals surface area contributed by atoms with Crippen LogP contribution >= 0.6 is 0 Å². The van der Waals surface area contributed by atoms with Gasteiger partial charge in [0.1, 0.15) is 25.4 Å². The molecule has 0 aromatic carbocycles. The summed E-state index contributed by atoms with van der Waals surface area (Å²) >= 11 is 0. The Morgan fingerprint density at radius 3 is 1.15 bits per heavy atom. The molecule has 2 aliphatic carbocycles. The van der Waals surface area contributed by atoms with Gasteiger partial charge in [-0.05, 0) is 51.4 Å². The van der Waals surface area contributed by atoms with Gasteiger partial charge in [-0.1, -0.05) is 0 Å². The van der Waals surface area contributed by atoms with Gasteiger partial charge >= 0.3 is 23.9 Å². The van der Waals surface area contributed by atoms with E-state index in [0.717, 1.165) is 12.8 Å². The summed E-state index contributed by atoms with van der Waals surface area (Å²) in [5.74, 6) is -3.69. The lowest BCUT2D eigenvalue weighted by atomic mass is 9.79. The molecule has 12 heteroatoms. The predicted octanol–water partition coefficient (Wildman–Crippen LogP) is 1.10. The Kier molecular flexibility index (Phi) is 8.57. The lowest BCUT2D eigenvalue weighted by Crippen LogP contribution is -2.38. The molecule has 6 aliphatic rings. The number of epoxide rings is 4. The fourth-order valence-corrected chi connectivity index (χ4v) is 5.90. The van der Waals surface area contributed by atoms with Gasteiger partial charge in [-0.2, -0.15) is 0 Å².